The Labute approximate surface area is 82.2 Å². The van der Waals surface area contributed by atoms with Crippen molar-refractivity contribution in [3.63, 3.8) is 0 Å². The van der Waals surface area contributed by atoms with Crippen LogP contribution in [-0.2, 0) is 4.74 Å². The third-order valence-electron chi connectivity index (χ3n) is 1.87. The fourth-order valence-electron chi connectivity index (χ4n) is 0.956. The zero-order valence-corrected chi connectivity index (χ0v) is 9.39. The molecule has 13 heavy (non-hydrogen) atoms. The Morgan fingerprint density at radius 3 is 2.00 bits per heavy atom. The number of methoxy groups -OCH3 is 1. The van der Waals surface area contributed by atoms with E-state index < -0.39 is 0 Å². The summed E-state index contributed by atoms with van der Waals surface area (Å²) in [5.41, 5.74) is 0. The van der Waals surface area contributed by atoms with Gasteiger partial charge < -0.3 is 15.4 Å². The molecule has 0 saturated heterocycles. The molecule has 0 aliphatic carbocycles. The van der Waals surface area contributed by atoms with Gasteiger partial charge in [0.15, 0.2) is 0 Å². The smallest absolute Gasteiger partial charge is 0.0667 e. The van der Waals surface area contributed by atoms with Crippen molar-refractivity contribution in [1.82, 2.24) is 10.6 Å². The molecule has 0 bridgehead atoms. The third-order valence-corrected chi connectivity index (χ3v) is 1.87. The first-order valence-electron chi connectivity index (χ1n) is 5.11. The van der Waals surface area contributed by atoms with Crippen molar-refractivity contribution in [3.05, 3.63) is 0 Å². The predicted octanol–water partition coefficient (Wildman–Crippen LogP) is 0.856. The highest BCUT2D eigenvalue weighted by Gasteiger charge is 1.97. The summed E-state index contributed by atoms with van der Waals surface area (Å²) in [6.07, 6.45) is 0.310. The molecule has 0 aromatic rings. The van der Waals surface area contributed by atoms with Crippen molar-refractivity contribution >= 4 is 0 Å². The molecule has 0 aliphatic rings. The monoisotopic (exact) mass is 188 g/mol. The molecule has 80 valence electrons. The van der Waals surface area contributed by atoms with Gasteiger partial charge in [-0.3, -0.25) is 0 Å². The van der Waals surface area contributed by atoms with Gasteiger partial charge in [-0.15, -0.1) is 0 Å². The molecule has 0 saturated carbocycles. The number of hydrogen-bond donors (Lipinski definition) is 2. The molecule has 3 heteroatoms. The third kappa shape index (κ3) is 9.80. The van der Waals surface area contributed by atoms with Crippen LogP contribution in [0.4, 0.5) is 0 Å². The summed E-state index contributed by atoms with van der Waals surface area (Å²) < 4.78 is 5.11. The molecule has 0 heterocycles. The lowest BCUT2D eigenvalue weighted by Gasteiger charge is -2.11. The molecular formula is C10H24N2O. The van der Waals surface area contributed by atoms with Gasteiger partial charge in [0.25, 0.3) is 0 Å². The maximum absolute atomic E-state index is 5.11. The van der Waals surface area contributed by atoms with Crippen LogP contribution in [0.2, 0.25) is 0 Å². The number of rotatable bonds is 8. The van der Waals surface area contributed by atoms with Crippen molar-refractivity contribution in [2.45, 2.75) is 26.9 Å². The van der Waals surface area contributed by atoms with E-state index in [9.17, 15) is 0 Å². The van der Waals surface area contributed by atoms with Gasteiger partial charge in [0.2, 0.25) is 0 Å². The molecule has 0 aromatic carbocycles. The highest BCUT2D eigenvalue weighted by molar-refractivity contribution is 4.57. The quantitative estimate of drug-likeness (QED) is 0.554. The highest BCUT2D eigenvalue weighted by atomic mass is 16.5. The van der Waals surface area contributed by atoms with Crippen LogP contribution in [0.5, 0.6) is 0 Å². The van der Waals surface area contributed by atoms with Crippen molar-refractivity contribution in [2.75, 3.05) is 33.3 Å². The Bertz CT molecular complexity index is 107. The molecule has 0 rings (SSSR count). The largest absolute Gasteiger partial charge is 0.380 e. The number of nitrogens with one attached hydrogen (secondary N) is 2. The molecule has 1 atom stereocenters. The molecule has 0 fully saturated rings. The summed E-state index contributed by atoms with van der Waals surface area (Å²) in [6.45, 7) is 10.6. The molecule has 3 nitrogen and oxygen atoms in total. The first kappa shape index (κ1) is 12.9. The van der Waals surface area contributed by atoms with E-state index >= 15 is 0 Å². The molecule has 2 N–H and O–H groups in total. The lowest BCUT2D eigenvalue weighted by Crippen LogP contribution is -2.33. The second-order valence-electron chi connectivity index (χ2n) is 3.85. The Morgan fingerprint density at radius 1 is 1.00 bits per heavy atom. The zero-order valence-electron chi connectivity index (χ0n) is 9.39. The fraction of sp³-hybridized carbons (Fsp3) is 1.00. The molecule has 1 unspecified atom stereocenters. The van der Waals surface area contributed by atoms with Crippen LogP contribution >= 0.6 is 0 Å². The Balaban J connectivity index is 2.99. The van der Waals surface area contributed by atoms with Gasteiger partial charge in [-0.05, 0) is 19.4 Å². The minimum Gasteiger partial charge on any atom is -0.380 e. The fourth-order valence-corrected chi connectivity index (χ4v) is 0.956. The number of ether oxygens (including phenoxy) is 1. The van der Waals surface area contributed by atoms with Gasteiger partial charge in [-0.2, -0.15) is 0 Å². The van der Waals surface area contributed by atoms with Crippen LogP contribution < -0.4 is 10.6 Å². The van der Waals surface area contributed by atoms with E-state index in [1.54, 1.807) is 7.11 Å². The first-order valence-corrected chi connectivity index (χ1v) is 5.11. The van der Waals surface area contributed by atoms with E-state index in [-0.39, 0.29) is 0 Å². The molecule has 0 aromatic heterocycles. The second kappa shape index (κ2) is 8.48. The van der Waals surface area contributed by atoms with E-state index in [0.29, 0.717) is 6.10 Å². The predicted molar refractivity (Wildman–Crippen MR) is 57.0 cm³/mol. The van der Waals surface area contributed by atoms with E-state index in [1.807, 2.05) is 0 Å². The minimum atomic E-state index is 0.310. The topological polar surface area (TPSA) is 33.3 Å². The summed E-state index contributed by atoms with van der Waals surface area (Å²) in [7, 11) is 1.74. The molecule has 0 amide bonds. The lowest BCUT2D eigenvalue weighted by molar-refractivity contribution is 0.117. The van der Waals surface area contributed by atoms with Crippen LogP contribution in [-0.4, -0.2) is 39.4 Å². The molecular weight excluding hydrogens is 164 g/mol. The van der Waals surface area contributed by atoms with Crippen molar-refractivity contribution < 1.29 is 4.74 Å². The summed E-state index contributed by atoms with van der Waals surface area (Å²) in [5, 5.41) is 6.70. The first-order chi connectivity index (χ1) is 6.16. The average molecular weight is 188 g/mol. The van der Waals surface area contributed by atoms with Gasteiger partial charge in [0, 0.05) is 26.7 Å². The summed E-state index contributed by atoms with van der Waals surface area (Å²) in [5.74, 6) is 0.734. The number of hydrogen-bond acceptors (Lipinski definition) is 3. The summed E-state index contributed by atoms with van der Waals surface area (Å²) >= 11 is 0. The van der Waals surface area contributed by atoms with E-state index in [2.05, 4.69) is 31.4 Å². The average Bonchev–Trinajstić information content (AvgIpc) is 2.10. The van der Waals surface area contributed by atoms with Crippen LogP contribution in [0.3, 0.4) is 0 Å². The summed E-state index contributed by atoms with van der Waals surface area (Å²) in [4.78, 5) is 0. The van der Waals surface area contributed by atoms with E-state index in [1.165, 1.54) is 0 Å². The molecule has 0 aliphatic heterocycles. The maximum Gasteiger partial charge on any atom is 0.0667 e. The van der Waals surface area contributed by atoms with E-state index in [0.717, 1.165) is 32.1 Å². The Morgan fingerprint density at radius 2 is 1.54 bits per heavy atom. The van der Waals surface area contributed by atoms with Crippen molar-refractivity contribution in [1.29, 1.82) is 0 Å². The van der Waals surface area contributed by atoms with Crippen LogP contribution in [0.15, 0.2) is 0 Å². The lowest BCUT2D eigenvalue weighted by atomic mass is 10.2. The normalized spacial score (nSPS) is 13.6. The maximum atomic E-state index is 5.11. The van der Waals surface area contributed by atoms with Gasteiger partial charge in [0.1, 0.15) is 0 Å². The van der Waals surface area contributed by atoms with Crippen LogP contribution in [0.25, 0.3) is 0 Å². The zero-order chi connectivity index (χ0) is 10.1. The van der Waals surface area contributed by atoms with Gasteiger partial charge >= 0.3 is 0 Å². The van der Waals surface area contributed by atoms with Gasteiger partial charge in [0.05, 0.1) is 6.10 Å². The molecule has 0 spiro atoms. The molecule has 0 radical (unpaired) electrons. The van der Waals surface area contributed by atoms with Crippen molar-refractivity contribution in [3.8, 4) is 0 Å². The van der Waals surface area contributed by atoms with Gasteiger partial charge in [-0.1, -0.05) is 13.8 Å². The Hall–Kier alpha value is -0.120. The van der Waals surface area contributed by atoms with Crippen LogP contribution in [0, 0.1) is 5.92 Å². The van der Waals surface area contributed by atoms with Gasteiger partial charge in [-0.25, -0.2) is 0 Å². The SMILES string of the molecule is COC(C)CNCCNCC(C)C. The van der Waals surface area contributed by atoms with E-state index in [4.69, 9.17) is 4.74 Å². The standard InChI is InChI=1S/C10H24N2O/c1-9(2)7-11-5-6-12-8-10(3)13-4/h9-12H,5-8H2,1-4H3. The summed E-state index contributed by atoms with van der Waals surface area (Å²) in [6, 6.07) is 0. The van der Waals surface area contributed by atoms with Crippen molar-refractivity contribution in [2.24, 2.45) is 5.92 Å². The Kier molecular flexibility index (Phi) is 8.40. The minimum absolute atomic E-state index is 0.310. The highest BCUT2D eigenvalue weighted by Crippen LogP contribution is 1.86. The van der Waals surface area contributed by atoms with Crippen LogP contribution in [0.1, 0.15) is 20.8 Å². The second-order valence-corrected chi connectivity index (χ2v) is 3.85.